The fraction of sp³-hybridized carbons (Fsp3) is 0.200. The number of fused-ring (bicyclic) bond motifs is 2. The van der Waals surface area contributed by atoms with Crippen LogP contribution in [0.2, 0.25) is 0 Å². The Balaban J connectivity index is 1.54. The highest BCUT2D eigenvalue weighted by Crippen LogP contribution is 2.26. The van der Waals surface area contributed by atoms with E-state index in [9.17, 15) is 4.79 Å². The summed E-state index contributed by atoms with van der Waals surface area (Å²) in [4.78, 5) is 17.9. The Kier molecular flexibility index (Phi) is 4.39. The molecule has 5 rings (SSSR count). The SMILES string of the molecule is CCn1cc(-c2ccccc2)c(=O)c2cc(NC3Cc4ccccc4C3)cnc21. The van der Waals surface area contributed by atoms with Crippen molar-refractivity contribution in [1.29, 1.82) is 0 Å². The van der Waals surface area contributed by atoms with Gasteiger partial charge >= 0.3 is 0 Å². The number of aryl methyl sites for hydroxylation is 1. The molecule has 0 atom stereocenters. The van der Waals surface area contributed by atoms with E-state index >= 15 is 0 Å². The van der Waals surface area contributed by atoms with Crippen LogP contribution in [0.4, 0.5) is 5.69 Å². The Bertz CT molecular complexity index is 1220. The predicted octanol–water partition coefficient (Wildman–Crippen LogP) is 4.66. The van der Waals surface area contributed by atoms with Crippen LogP contribution in [0.1, 0.15) is 18.1 Å². The van der Waals surface area contributed by atoms with Gasteiger partial charge in [-0.3, -0.25) is 4.79 Å². The lowest BCUT2D eigenvalue weighted by atomic mass is 10.1. The van der Waals surface area contributed by atoms with Gasteiger partial charge in [-0.2, -0.15) is 0 Å². The van der Waals surface area contributed by atoms with Gasteiger partial charge < -0.3 is 9.88 Å². The van der Waals surface area contributed by atoms with Gasteiger partial charge in [0.2, 0.25) is 0 Å². The summed E-state index contributed by atoms with van der Waals surface area (Å²) in [5, 5.41) is 4.25. The van der Waals surface area contributed by atoms with Crippen molar-refractivity contribution in [3.63, 3.8) is 0 Å². The topological polar surface area (TPSA) is 46.9 Å². The second-order valence-electron chi connectivity index (χ2n) is 7.64. The molecule has 0 amide bonds. The van der Waals surface area contributed by atoms with E-state index in [0.717, 1.165) is 36.3 Å². The Morgan fingerprint density at radius 1 is 1.03 bits per heavy atom. The maximum atomic E-state index is 13.3. The molecule has 29 heavy (non-hydrogen) atoms. The van der Waals surface area contributed by atoms with Gasteiger partial charge in [-0.1, -0.05) is 54.6 Å². The van der Waals surface area contributed by atoms with E-state index in [1.807, 2.05) is 53.4 Å². The molecule has 0 saturated carbocycles. The highest BCUT2D eigenvalue weighted by atomic mass is 16.1. The van der Waals surface area contributed by atoms with E-state index in [0.29, 0.717) is 17.0 Å². The summed E-state index contributed by atoms with van der Waals surface area (Å²) in [7, 11) is 0. The van der Waals surface area contributed by atoms with Crippen molar-refractivity contribution in [3.8, 4) is 11.1 Å². The summed E-state index contributed by atoms with van der Waals surface area (Å²) in [6.07, 6.45) is 5.77. The molecular weight excluding hydrogens is 358 g/mol. The van der Waals surface area contributed by atoms with Gasteiger partial charge in [0, 0.05) is 24.3 Å². The molecular formula is C25H23N3O. The molecule has 4 aromatic rings. The molecule has 4 heteroatoms. The maximum absolute atomic E-state index is 13.3. The Morgan fingerprint density at radius 2 is 1.72 bits per heavy atom. The lowest BCUT2D eigenvalue weighted by Crippen LogP contribution is -2.20. The number of hydrogen-bond acceptors (Lipinski definition) is 3. The molecule has 0 fully saturated rings. The van der Waals surface area contributed by atoms with Crippen LogP contribution in [0.3, 0.4) is 0 Å². The Labute approximate surface area is 169 Å². The summed E-state index contributed by atoms with van der Waals surface area (Å²) in [5.74, 6) is 0. The normalized spacial score (nSPS) is 13.6. The van der Waals surface area contributed by atoms with Gasteiger partial charge in [-0.15, -0.1) is 0 Å². The number of pyridine rings is 2. The van der Waals surface area contributed by atoms with Crippen LogP contribution in [0.5, 0.6) is 0 Å². The van der Waals surface area contributed by atoms with Crippen LogP contribution in [0, 0.1) is 0 Å². The Morgan fingerprint density at radius 3 is 2.41 bits per heavy atom. The molecule has 0 unspecified atom stereocenters. The molecule has 0 spiro atoms. The summed E-state index contributed by atoms with van der Waals surface area (Å²) in [6.45, 7) is 2.83. The quantitative estimate of drug-likeness (QED) is 0.559. The number of benzene rings is 2. The van der Waals surface area contributed by atoms with Gasteiger partial charge in [0.25, 0.3) is 0 Å². The van der Waals surface area contributed by atoms with Crippen molar-refractivity contribution in [2.75, 3.05) is 5.32 Å². The van der Waals surface area contributed by atoms with Crippen molar-refractivity contribution in [2.45, 2.75) is 32.4 Å². The van der Waals surface area contributed by atoms with Crippen molar-refractivity contribution >= 4 is 16.7 Å². The minimum Gasteiger partial charge on any atom is -0.380 e. The van der Waals surface area contributed by atoms with E-state index < -0.39 is 0 Å². The highest BCUT2D eigenvalue weighted by Gasteiger charge is 2.21. The van der Waals surface area contributed by atoms with Gasteiger partial charge in [0.05, 0.1) is 17.3 Å². The molecule has 0 aliphatic heterocycles. The van der Waals surface area contributed by atoms with E-state index in [1.54, 1.807) is 0 Å². The summed E-state index contributed by atoms with van der Waals surface area (Å²) in [6, 6.07) is 20.7. The second kappa shape index (κ2) is 7.21. The largest absolute Gasteiger partial charge is 0.380 e. The van der Waals surface area contributed by atoms with Crippen LogP contribution >= 0.6 is 0 Å². The van der Waals surface area contributed by atoms with Crippen molar-refractivity contribution < 1.29 is 0 Å². The molecule has 2 aromatic carbocycles. The maximum Gasteiger partial charge on any atom is 0.198 e. The second-order valence-corrected chi connectivity index (χ2v) is 7.64. The standard InChI is InChI=1S/C25H23N3O/c1-2-28-16-23(17-8-4-3-5-9-17)24(29)22-14-21(15-26-25(22)28)27-20-12-18-10-6-7-11-19(18)13-20/h3-11,14-16,20,27H,2,12-13H2,1H3. The fourth-order valence-corrected chi connectivity index (χ4v) is 4.31. The van der Waals surface area contributed by atoms with Crippen molar-refractivity contribution in [3.05, 3.63) is 94.4 Å². The van der Waals surface area contributed by atoms with E-state index in [-0.39, 0.29) is 5.43 Å². The number of hydrogen-bond donors (Lipinski definition) is 1. The van der Waals surface area contributed by atoms with Crippen LogP contribution in [-0.4, -0.2) is 15.6 Å². The minimum atomic E-state index is 0.0294. The van der Waals surface area contributed by atoms with Crippen molar-refractivity contribution in [2.24, 2.45) is 0 Å². The minimum absolute atomic E-state index is 0.0294. The number of anilines is 1. The molecule has 1 N–H and O–H groups in total. The number of nitrogens with one attached hydrogen (secondary N) is 1. The smallest absolute Gasteiger partial charge is 0.198 e. The number of rotatable bonds is 4. The van der Waals surface area contributed by atoms with Crippen molar-refractivity contribution in [1.82, 2.24) is 9.55 Å². The monoisotopic (exact) mass is 381 g/mol. The van der Waals surface area contributed by atoms with Gasteiger partial charge in [0.15, 0.2) is 5.43 Å². The third kappa shape index (κ3) is 3.21. The molecule has 0 radical (unpaired) electrons. The molecule has 2 aromatic heterocycles. The lowest BCUT2D eigenvalue weighted by Gasteiger charge is -2.16. The average molecular weight is 381 g/mol. The lowest BCUT2D eigenvalue weighted by molar-refractivity contribution is 0.769. The number of nitrogens with zero attached hydrogens (tertiary/aromatic N) is 2. The average Bonchev–Trinajstić information content (AvgIpc) is 3.17. The predicted molar refractivity (Wildman–Crippen MR) is 118 cm³/mol. The van der Waals surface area contributed by atoms with Gasteiger partial charge in [0.1, 0.15) is 5.65 Å². The molecule has 4 nitrogen and oxygen atoms in total. The van der Waals surface area contributed by atoms with Gasteiger partial charge in [-0.05, 0) is 42.5 Å². The van der Waals surface area contributed by atoms with Crippen LogP contribution in [0.15, 0.2) is 77.9 Å². The molecule has 1 aliphatic carbocycles. The fourth-order valence-electron chi connectivity index (χ4n) is 4.31. The molecule has 2 heterocycles. The first-order valence-electron chi connectivity index (χ1n) is 10.1. The van der Waals surface area contributed by atoms with Crippen LogP contribution in [0.25, 0.3) is 22.2 Å². The first-order chi connectivity index (χ1) is 14.2. The van der Waals surface area contributed by atoms with E-state index in [1.165, 1.54) is 11.1 Å². The van der Waals surface area contributed by atoms with E-state index in [4.69, 9.17) is 0 Å². The first kappa shape index (κ1) is 17.7. The van der Waals surface area contributed by atoms with Gasteiger partial charge in [-0.25, -0.2) is 4.98 Å². The zero-order valence-electron chi connectivity index (χ0n) is 16.4. The summed E-state index contributed by atoms with van der Waals surface area (Å²) in [5.41, 5.74) is 6.12. The zero-order valence-corrected chi connectivity index (χ0v) is 16.4. The molecule has 0 saturated heterocycles. The summed E-state index contributed by atoms with van der Waals surface area (Å²) >= 11 is 0. The first-order valence-corrected chi connectivity index (χ1v) is 10.1. The zero-order chi connectivity index (χ0) is 19.8. The molecule has 0 bridgehead atoms. The number of aromatic nitrogens is 2. The van der Waals surface area contributed by atoms with E-state index in [2.05, 4.69) is 41.5 Å². The highest BCUT2D eigenvalue weighted by molar-refractivity contribution is 5.83. The summed E-state index contributed by atoms with van der Waals surface area (Å²) < 4.78 is 2.05. The molecule has 144 valence electrons. The third-order valence-electron chi connectivity index (χ3n) is 5.76. The van der Waals surface area contributed by atoms with Crippen LogP contribution < -0.4 is 10.7 Å². The third-order valence-corrected chi connectivity index (χ3v) is 5.76. The Hall–Kier alpha value is -3.40. The van der Waals surface area contributed by atoms with Crippen LogP contribution in [-0.2, 0) is 19.4 Å². The molecule has 1 aliphatic rings.